The fraction of sp³-hybridized carbons (Fsp3) is 0.429. The minimum absolute atomic E-state index is 0.136. The van der Waals surface area contributed by atoms with Crippen molar-refractivity contribution in [2.75, 3.05) is 6.54 Å². The van der Waals surface area contributed by atoms with Crippen molar-refractivity contribution in [3.05, 3.63) is 29.8 Å². The molecule has 5 nitrogen and oxygen atoms in total. The van der Waals surface area contributed by atoms with Gasteiger partial charge in [-0.1, -0.05) is 32.4 Å². The first-order valence-corrected chi connectivity index (χ1v) is 6.43. The Hall–Kier alpha value is -2.04. The highest BCUT2D eigenvalue weighted by Gasteiger charge is 2.39. The predicted molar refractivity (Wildman–Crippen MR) is 70.5 cm³/mol. The normalized spacial score (nSPS) is 20.5. The molecule has 2 atom stereocenters. The van der Waals surface area contributed by atoms with Gasteiger partial charge in [0, 0.05) is 6.54 Å². The lowest BCUT2D eigenvalue weighted by Gasteiger charge is -2.17. The minimum atomic E-state index is -0.642. The molecule has 0 spiro atoms. The van der Waals surface area contributed by atoms with E-state index < -0.39 is 6.04 Å². The summed E-state index contributed by atoms with van der Waals surface area (Å²) in [5.41, 5.74) is 0.683. The molecule has 1 aliphatic heterocycles. The molecule has 2 rings (SSSR count). The first-order chi connectivity index (χ1) is 9.02. The van der Waals surface area contributed by atoms with E-state index in [4.69, 9.17) is 0 Å². The second-order valence-electron chi connectivity index (χ2n) is 4.94. The molecule has 2 unspecified atom stereocenters. The topological polar surface area (TPSA) is 69.6 Å². The van der Waals surface area contributed by atoms with Gasteiger partial charge < -0.3 is 10.4 Å². The Morgan fingerprint density at radius 2 is 1.95 bits per heavy atom. The summed E-state index contributed by atoms with van der Waals surface area (Å²) in [6.07, 6.45) is 0.918. The number of aromatic hydroxyl groups is 1. The Kier molecular flexibility index (Phi) is 3.74. The third kappa shape index (κ3) is 2.70. The molecule has 102 valence electrons. The van der Waals surface area contributed by atoms with Crippen LogP contribution in [0.25, 0.3) is 0 Å². The van der Waals surface area contributed by atoms with E-state index in [9.17, 15) is 14.7 Å². The largest absolute Gasteiger partial charge is 0.508 e. The number of carbonyl (C=O) groups is 2. The maximum absolute atomic E-state index is 12.2. The zero-order chi connectivity index (χ0) is 14.0. The second kappa shape index (κ2) is 5.30. The lowest BCUT2D eigenvalue weighted by atomic mass is 10.1. The van der Waals surface area contributed by atoms with Crippen molar-refractivity contribution in [3.63, 3.8) is 0 Å². The number of nitrogens with zero attached hydrogens (tertiary/aromatic N) is 1. The SMILES string of the molecule is CCC(C)CN1C(=O)NC(c2ccc(O)cc2)C1=O. The highest BCUT2D eigenvalue weighted by molar-refractivity contribution is 6.04. The molecule has 0 radical (unpaired) electrons. The molecule has 3 amide bonds. The van der Waals surface area contributed by atoms with Gasteiger partial charge in [0.15, 0.2) is 0 Å². The molecule has 19 heavy (non-hydrogen) atoms. The van der Waals surface area contributed by atoms with Crippen LogP contribution in [-0.2, 0) is 4.79 Å². The molecular weight excluding hydrogens is 244 g/mol. The molecule has 1 aromatic carbocycles. The van der Waals surface area contributed by atoms with Gasteiger partial charge >= 0.3 is 6.03 Å². The first kappa shape index (κ1) is 13.4. The Morgan fingerprint density at radius 3 is 2.53 bits per heavy atom. The number of imide groups is 1. The number of amides is 3. The molecule has 0 aliphatic carbocycles. The van der Waals surface area contributed by atoms with Gasteiger partial charge in [-0.2, -0.15) is 0 Å². The van der Waals surface area contributed by atoms with Crippen LogP contribution in [-0.4, -0.2) is 28.5 Å². The number of carbonyl (C=O) groups excluding carboxylic acids is 2. The summed E-state index contributed by atoms with van der Waals surface area (Å²) in [5.74, 6) is 0.196. The van der Waals surface area contributed by atoms with Gasteiger partial charge in [0.1, 0.15) is 11.8 Å². The standard InChI is InChI=1S/C14H18N2O3/c1-3-9(2)8-16-13(18)12(15-14(16)19)10-4-6-11(17)7-5-10/h4-7,9,12,17H,3,8H2,1-2H3,(H,15,19). The van der Waals surface area contributed by atoms with Gasteiger partial charge in [-0.25, -0.2) is 4.79 Å². The van der Waals surface area contributed by atoms with Crippen LogP contribution >= 0.6 is 0 Å². The van der Waals surface area contributed by atoms with Gasteiger partial charge in [0.2, 0.25) is 0 Å². The van der Waals surface area contributed by atoms with Crippen LogP contribution in [0, 0.1) is 5.92 Å². The third-order valence-electron chi connectivity index (χ3n) is 3.44. The summed E-state index contributed by atoms with van der Waals surface area (Å²) in [6, 6.07) is 5.31. The minimum Gasteiger partial charge on any atom is -0.508 e. The van der Waals surface area contributed by atoms with Crippen molar-refractivity contribution in [2.24, 2.45) is 5.92 Å². The molecule has 0 aromatic heterocycles. The lowest BCUT2D eigenvalue weighted by molar-refractivity contribution is -0.128. The van der Waals surface area contributed by atoms with Crippen LogP contribution in [0.2, 0.25) is 0 Å². The Morgan fingerprint density at radius 1 is 1.32 bits per heavy atom. The van der Waals surface area contributed by atoms with Gasteiger partial charge in [0.05, 0.1) is 0 Å². The number of benzene rings is 1. The van der Waals surface area contributed by atoms with Gasteiger partial charge in [-0.05, 0) is 23.6 Å². The monoisotopic (exact) mass is 262 g/mol. The molecule has 1 saturated heterocycles. The fourth-order valence-corrected chi connectivity index (χ4v) is 2.03. The summed E-state index contributed by atoms with van der Waals surface area (Å²) < 4.78 is 0. The van der Waals surface area contributed by atoms with E-state index in [0.29, 0.717) is 12.1 Å². The van der Waals surface area contributed by atoms with Gasteiger partial charge in [-0.3, -0.25) is 9.69 Å². The second-order valence-corrected chi connectivity index (χ2v) is 4.94. The molecule has 0 saturated carbocycles. The van der Waals surface area contributed by atoms with E-state index in [1.165, 1.54) is 17.0 Å². The Bertz CT molecular complexity index is 484. The first-order valence-electron chi connectivity index (χ1n) is 6.43. The summed E-state index contributed by atoms with van der Waals surface area (Å²) in [4.78, 5) is 25.3. The number of rotatable bonds is 4. The van der Waals surface area contributed by atoms with Crippen LogP contribution in [0.15, 0.2) is 24.3 Å². The van der Waals surface area contributed by atoms with Gasteiger partial charge in [-0.15, -0.1) is 0 Å². The van der Waals surface area contributed by atoms with E-state index in [-0.39, 0.29) is 23.6 Å². The van der Waals surface area contributed by atoms with Crippen LogP contribution in [0.3, 0.4) is 0 Å². The van der Waals surface area contributed by atoms with Crippen LogP contribution < -0.4 is 5.32 Å². The van der Waals surface area contributed by atoms with E-state index in [0.717, 1.165) is 6.42 Å². The molecule has 1 aliphatic rings. The highest BCUT2D eigenvalue weighted by Crippen LogP contribution is 2.24. The van der Waals surface area contributed by atoms with Crippen molar-refractivity contribution in [3.8, 4) is 5.75 Å². The lowest BCUT2D eigenvalue weighted by Crippen LogP contribution is -2.34. The number of phenols is 1. The number of nitrogens with one attached hydrogen (secondary N) is 1. The zero-order valence-corrected chi connectivity index (χ0v) is 11.1. The molecule has 0 bridgehead atoms. The predicted octanol–water partition coefficient (Wildman–Crippen LogP) is 2.03. The van der Waals surface area contributed by atoms with E-state index in [2.05, 4.69) is 5.32 Å². The number of phenolic OH excluding ortho intramolecular Hbond substituents is 1. The summed E-state index contributed by atoms with van der Waals surface area (Å²) in [5, 5.41) is 11.9. The van der Waals surface area contributed by atoms with Crippen LogP contribution in [0.5, 0.6) is 5.75 Å². The molecule has 1 aromatic rings. The van der Waals surface area contributed by atoms with Crippen molar-refractivity contribution in [1.29, 1.82) is 0 Å². The summed E-state index contributed by atoms with van der Waals surface area (Å²) in [7, 11) is 0. The number of hydrogen-bond donors (Lipinski definition) is 2. The van der Waals surface area contributed by atoms with Crippen LogP contribution in [0.4, 0.5) is 4.79 Å². The number of urea groups is 1. The summed E-state index contributed by atoms with van der Waals surface area (Å²) in [6.45, 7) is 4.48. The van der Waals surface area contributed by atoms with Crippen molar-refractivity contribution < 1.29 is 14.7 Å². The van der Waals surface area contributed by atoms with Gasteiger partial charge in [0.25, 0.3) is 5.91 Å². The number of hydrogen-bond acceptors (Lipinski definition) is 3. The van der Waals surface area contributed by atoms with Crippen molar-refractivity contribution in [1.82, 2.24) is 10.2 Å². The van der Waals surface area contributed by atoms with E-state index >= 15 is 0 Å². The Labute approximate surface area is 112 Å². The average Bonchev–Trinajstić information content (AvgIpc) is 2.67. The maximum atomic E-state index is 12.2. The molecular formula is C14H18N2O3. The van der Waals surface area contributed by atoms with Crippen molar-refractivity contribution >= 4 is 11.9 Å². The van der Waals surface area contributed by atoms with E-state index in [1.807, 2.05) is 13.8 Å². The summed E-state index contributed by atoms with van der Waals surface area (Å²) >= 11 is 0. The van der Waals surface area contributed by atoms with Crippen molar-refractivity contribution in [2.45, 2.75) is 26.3 Å². The highest BCUT2D eigenvalue weighted by atomic mass is 16.3. The fourth-order valence-electron chi connectivity index (χ4n) is 2.03. The smallest absolute Gasteiger partial charge is 0.325 e. The molecule has 5 heteroatoms. The van der Waals surface area contributed by atoms with E-state index in [1.54, 1.807) is 12.1 Å². The quantitative estimate of drug-likeness (QED) is 0.816. The third-order valence-corrected chi connectivity index (χ3v) is 3.44. The average molecular weight is 262 g/mol. The van der Waals surface area contributed by atoms with Crippen LogP contribution in [0.1, 0.15) is 31.9 Å². The maximum Gasteiger partial charge on any atom is 0.325 e. The Balaban J connectivity index is 2.15. The molecule has 2 N–H and O–H groups in total. The molecule has 1 heterocycles. The molecule has 1 fully saturated rings. The zero-order valence-electron chi connectivity index (χ0n) is 11.1.